The molecule has 4 N–H and O–H groups in total. The van der Waals surface area contributed by atoms with Gasteiger partial charge in [-0.15, -0.1) is 0 Å². The van der Waals surface area contributed by atoms with Crippen LogP contribution in [0.3, 0.4) is 0 Å². The Balaban J connectivity index is 2.33. The summed E-state index contributed by atoms with van der Waals surface area (Å²) in [6, 6.07) is 3.09. The summed E-state index contributed by atoms with van der Waals surface area (Å²) in [6.45, 7) is 1.59. The summed E-state index contributed by atoms with van der Waals surface area (Å²) in [5.41, 5.74) is 5.38. The molecular formula is C11H13FN4O2S. The number of anilines is 1. The summed E-state index contributed by atoms with van der Waals surface area (Å²) in [5.74, 6) is -0.461. The van der Waals surface area contributed by atoms with Gasteiger partial charge in [-0.3, -0.25) is 0 Å². The summed E-state index contributed by atoms with van der Waals surface area (Å²) in [4.78, 5) is 6.16. The van der Waals surface area contributed by atoms with E-state index in [1.807, 2.05) is 0 Å². The second kappa shape index (κ2) is 4.98. The van der Waals surface area contributed by atoms with Gasteiger partial charge in [0.15, 0.2) is 0 Å². The predicted molar refractivity (Wildman–Crippen MR) is 68.1 cm³/mol. The molecule has 0 aliphatic heterocycles. The molecule has 8 heteroatoms. The molecule has 2 aromatic rings. The van der Waals surface area contributed by atoms with Crippen LogP contribution in [0.15, 0.2) is 35.5 Å². The average molecular weight is 284 g/mol. The quantitative estimate of drug-likeness (QED) is 0.733. The highest BCUT2D eigenvalue weighted by Gasteiger charge is 2.25. The van der Waals surface area contributed by atoms with Crippen molar-refractivity contribution in [1.82, 2.24) is 14.7 Å². The first-order valence-corrected chi connectivity index (χ1v) is 6.95. The number of sulfonamides is 1. The van der Waals surface area contributed by atoms with Crippen molar-refractivity contribution in [3.05, 3.63) is 42.2 Å². The van der Waals surface area contributed by atoms with Gasteiger partial charge in [0.1, 0.15) is 16.5 Å². The third-order valence-corrected chi connectivity index (χ3v) is 4.16. The molecule has 19 heavy (non-hydrogen) atoms. The summed E-state index contributed by atoms with van der Waals surface area (Å²) in [6.07, 6.45) is 3.06. The maximum Gasteiger partial charge on any atom is 0.246 e. The summed E-state index contributed by atoms with van der Waals surface area (Å²) < 4.78 is 40.1. The zero-order valence-corrected chi connectivity index (χ0v) is 10.9. The molecule has 0 saturated heterocycles. The van der Waals surface area contributed by atoms with Gasteiger partial charge in [-0.2, -0.15) is 0 Å². The van der Waals surface area contributed by atoms with Gasteiger partial charge in [0.2, 0.25) is 10.0 Å². The molecule has 1 aromatic carbocycles. The molecule has 0 aliphatic carbocycles. The van der Waals surface area contributed by atoms with Gasteiger partial charge in [0.05, 0.1) is 11.7 Å². The first-order chi connectivity index (χ1) is 8.92. The van der Waals surface area contributed by atoms with Gasteiger partial charge in [-0.25, -0.2) is 22.5 Å². The Morgan fingerprint density at radius 2 is 2.21 bits per heavy atom. The van der Waals surface area contributed by atoms with E-state index >= 15 is 0 Å². The molecule has 0 fully saturated rings. The van der Waals surface area contributed by atoms with Crippen LogP contribution in [0.5, 0.6) is 0 Å². The van der Waals surface area contributed by atoms with Crippen LogP contribution in [0.4, 0.5) is 10.1 Å². The number of rotatable bonds is 4. The van der Waals surface area contributed by atoms with Crippen LogP contribution < -0.4 is 10.5 Å². The van der Waals surface area contributed by atoms with Crippen LogP contribution in [-0.4, -0.2) is 18.4 Å². The molecule has 0 aliphatic rings. The van der Waals surface area contributed by atoms with E-state index in [0.29, 0.717) is 5.82 Å². The maximum atomic E-state index is 13.6. The number of H-pyrrole nitrogens is 1. The molecule has 0 radical (unpaired) electrons. The van der Waals surface area contributed by atoms with Crippen molar-refractivity contribution >= 4 is 15.7 Å². The molecule has 0 amide bonds. The maximum absolute atomic E-state index is 13.6. The molecule has 1 aromatic heterocycles. The lowest BCUT2D eigenvalue weighted by atomic mass is 10.3. The Morgan fingerprint density at radius 1 is 1.47 bits per heavy atom. The molecule has 1 heterocycles. The lowest BCUT2D eigenvalue weighted by Crippen LogP contribution is -2.29. The van der Waals surface area contributed by atoms with Crippen molar-refractivity contribution in [1.29, 1.82) is 0 Å². The molecule has 1 unspecified atom stereocenters. The van der Waals surface area contributed by atoms with E-state index in [4.69, 9.17) is 5.73 Å². The molecule has 0 saturated carbocycles. The first kappa shape index (κ1) is 13.5. The monoisotopic (exact) mass is 284 g/mol. The Morgan fingerprint density at radius 3 is 2.79 bits per heavy atom. The molecule has 1 atom stereocenters. The Bertz CT molecular complexity index is 650. The minimum absolute atomic E-state index is 0.140. The van der Waals surface area contributed by atoms with Crippen LogP contribution in [0.25, 0.3) is 0 Å². The lowest BCUT2D eigenvalue weighted by molar-refractivity contribution is 0.544. The van der Waals surface area contributed by atoms with E-state index in [1.165, 1.54) is 18.3 Å². The van der Waals surface area contributed by atoms with Crippen molar-refractivity contribution in [2.24, 2.45) is 0 Å². The van der Waals surface area contributed by atoms with Gasteiger partial charge >= 0.3 is 0 Å². The number of nitrogens with zero attached hydrogens (tertiary/aromatic N) is 1. The number of hydrogen-bond acceptors (Lipinski definition) is 4. The topological polar surface area (TPSA) is 101 Å². The van der Waals surface area contributed by atoms with Crippen molar-refractivity contribution in [2.75, 3.05) is 5.73 Å². The van der Waals surface area contributed by atoms with Gasteiger partial charge in [-0.1, -0.05) is 6.07 Å². The Hall–Kier alpha value is -1.93. The molecule has 6 nitrogen and oxygen atoms in total. The van der Waals surface area contributed by atoms with E-state index in [-0.39, 0.29) is 5.69 Å². The van der Waals surface area contributed by atoms with Crippen molar-refractivity contribution in [2.45, 2.75) is 17.9 Å². The standard InChI is InChI=1S/C11H13FN4O2S/c1-7(11-14-5-6-15-11)16-19(17,18)10-8(12)3-2-4-9(10)13/h2-7,16H,13H2,1H3,(H,14,15). The number of halogens is 1. The van der Waals surface area contributed by atoms with Crippen molar-refractivity contribution in [3.8, 4) is 0 Å². The first-order valence-electron chi connectivity index (χ1n) is 5.47. The number of benzene rings is 1. The Labute approximate surface area is 109 Å². The van der Waals surface area contributed by atoms with Gasteiger partial charge in [-0.05, 0) is 19.1 Å². The number of nitrogen functional groups attached to an aromatic ring is 1. The second-order valence-corrected chi connectivity index (χ2v) is 5.63. The third-order valence-electron chi connectivity index (χ3n) is 2.53. The lowest BCUT2D eigenvalue weighted by Gasteiger charge is -2.14. The number of hydrogen-bond donors (Lipinski definition) is 3. The summed E-state index contributed by atoms with van der Waals surface area (Å²) in [5, 5.41) is 0. The zero-order valence-electron chi connectivity index (χ0n) is 10.1. The number of nitrogens with one attached hydrogen (secondary N) is 2. The molecule has 0 bridgehead atoms. The van der Waals surface area contributed by atoms with Crippen LogP contribution in [0.2, 0.25) is 0 Å². The van der Waals surface area contributed by atoms with Crippen LogP contribution >= 0.6 is 0 Å². The van der Waals surface area contributed by atoms with Gasteiger partial charge in [0, 0.05) is 12.4 Å². The predicted octanol–water partition coefficient (Wildman–Crippen LogP) is 1.17. The van der Waals surface area contributed by atoms with E-state index in [0.717, 1.165) is 6.07 Å². The van der Waals surface area contributed by atoms with E-state index in [1.54, 1.807) is 13.1 Å². The largest absolute Gasteiger partial charge is 0.398 e. The highest BCUT2D eigenvalue weighted by atomic mass is 32.2. The molecule has 2 rings (SSSR count). The van der Waals surface area contributed by atoms with Crippen LogP contribution in [0.1, 0.15) is 18.8 Å². The van der Waals surface area contributed by atoms with Crippen molar-refractivity contribution in [3.63, 3.8) is 0 Å². The van der Waals surface area contributed by atoms with Gasteiger partial charge in [0.25, 0.3) is 0 Å². The smallest absolute Gasteiger partial charge is 0.246 e. The van der Waals surface area contributed by atoms with E-state index < -0.39 is 26.8 Å². The fraction of sp³-hybridized carbons (Fsp3) is 0.182. The normalized spacial score (nSPS) is 13.4. The second-order valence-electron chi connectivity index (χ2n) is 3.98. The fourth-order valence-corrected chi connectivity index (χ4v) is 3.07. The molecule has 102 valence electrons. The number of nitrogens with two attached hydrogens (primary N) is 1. The van der Waals surface area contributed by atoms with E-state index in [2.05, 4.69) is 14.7 Å². The third kappa shape index (κ3) is 2.74. The minimum atomic E-state index is -4.06. The summed E-state index contributed by atoms with van der Waals surface area (Å²) in [7, 11) is -4.06. The molecular weight excluding hydrogens is 271 g/mol. The fourth-order valence-electron chi connectivity index (χ4n) is 1.67. The highest BCUT2D eigenvalue weighted by molar-refractivity contribution is 7.89. The minimum Gasteiger partial charge on any atom is -0.398 e. The van der Waals surface area contributed by atoms with E-state index in [9.17, 15) is 12.8 Å². The summed E-state index contributed by atoms with van der Waals surface area (Å²) >= 11 is 0. The highest BCUT2D eigenvalue weighted by Crippen LogP contribution is 2.23. The Kier molecular flexibility index (Phi) is 3.54. The van der Waals surface area contributed by atoms with Crippen LogP contribution in [-0.2, 0) is 10.0 Å². The van der Waals surface area contributed by atoms with Crippen molar-refractivity contribution < 1.29 is 12.8 Å². The van der Waals surface area contributed by atoms with Crippen LogP contribution in [0, 0.1) is 5.82 Å². The number of imidazole rings is 1. The SMILES string of the molecule is CC(NS(=O)(=O)c1c(N)cccc1F)c1ncc[nH]1. The van der Waals surface area contributed by atoms with Gasteiger partial charge < -0.3 is 10.7 Å². The average Bonchev–Trinajstić information content (AvgIpc) is 2.80. The zero-order chi connectivity index (χ0) is 14.0. The molecule has 0 spiro atoms. The number of aromatic amines is 1. The number of aromatic nitrogens is 2.